The quantitative estimate of drug-likeness (QED) is 0.339. The maximum atomic E-state index is 9.47. The van der Waals surface area contributed by atoms with Crippen molar-refractivity contribution in [3.8, 4) is 17.1 Å². The highest BCUT2D eigenvalue weighted by Gasteiger charge is 2.11. The molecule has 0 saturated carbocycles. The number of nitrogen functional groups attached to an aromatic ring is 1. The summed E-state index contributed by atoms with van der Waals surface area (Å²) in [6.45, 7) is 0.555. The van der Waals surface area contributed by atoms with Gasteiger partial charge in [0.05, 0.1) is 11.3 Å². The van der Waals surface area contributed by atoms with E-state index in [1.807, 2.05) is 72.8 Å². The van der Waals surface area contributed by atoms with E-state index in [0.29, 0.717) is 24.6 Å². The van der Waals surface area contributed by atoms with E-state index in [9.17, 15) is 4.57 Å². The minimum absolute atomic E-state index is 0.431. The van der Waals surface area contributed by atoms with Gasteiger partial charge in [0.2, 0.25) is 0 Å². The molecule has 9 nitrogen and oxygen atoms in total. The molecule has 172 valence electrons. The lowest BCUT2D eigenvalue weighted by molar-refractivity contribution is 0.235. The molecule has 4 N–H and O–H groups in total. The van der Waals surface area contributed by atoms with Crippen LogP contribution in [0, 0.1) is 0 Å². The van der Waals surface area contributed by atoms with Gasteiger partial charge < -0.3 is 24.8 Å². The second kappa shape index (κ2) is 11.4. The Balaban J connectivity index is 0.000000454. The molecule has 0 atom stereocenters. The normalized spacial score (nSPS) is 10.9. The number of anilines is 1. The molecule has 0 aliphatic carbocycles. The number of rotatable bonds is 7. The summed E-state index contributed by atoms with van der Waals surface area (Å²) >= 11 is 0. The van der Waals surface area contributed by atoms with Gasteiger partial charge >= 0.3 is 7.82 Å². The predicted molar refractivity (Wildman–Crippen MR) is 123 cm³/mol. The van der Waals surface area contributed by atoms with Gasteiger partial charge in [-0.3, -0.25) is 4.52 Å². The number of hydrogen-bond donors (Lipinski definition) is 3. The summed E-state index contributed by atoms with van der Waals surface area (Å²) in [5.41, 5.74) is 9.75. The molecule has 4 aromatic rings. The van der Waals surface area contributed by atoms with Crippen molar-refractivity contribution in [3.05, 3.63) is 95.8 Å². The van der Waals surface area contributed by atoms with Crippen LogP contribution in [0.2, 0.25) is 0 Å². The first-order valence-electron chi connectivity index (χ1n) is 9.87. The van der Waals surface area contributed by atoms with E-state index < -0.39 is 7.82 Å². The Morgan fingerprint density at radius 1 is 1.00 bits per heavy atom. The van der Waals surface area contributed by atoms with E-state index in [1.165, 1.54) is 0 Å². The molecule has 0 radical (unpaired) electrons. The van der Waals surface area contributed by atoms with Crippen LogP contribution in [-0.2, 0) is 22.1 Å². The van der Waals surface area contributed by atoms with Gasteiger partial charge in [0, 0.05) is 25.8 Å². The van der Waals surface area contributed by atoms with Crippen LogP contribution >= 0.6 is 7.82 Å². The van der Waals surface area contributed by atoms with Crippen LogP contribution in [-0.4, -0.2) is 27.0 Å². The van der Waals surface area contributed by atoms with Gasteiger partial charge in [0.25, 0.3) is 0 Å². The van der Waals surface area contributed by atoms with Gasteiger partial charge in [-0.1, -0.05) is 47.6 Å². The highest BCUT2D eigenvalue weighted by Crippen LogP contribution is 2.33. The van der Waals surface area contributed by atoms with Gasteiger partial charge in [-0.15, -0.1) is 0 Å². The predicted octanol–water partition coefficient (Wildman–Crippen LogP) is 4.21. The minimum Gasteiger partial charge on any atom is -0.489 e. The molecule has 0 bridgehead atoms. The number of phosphoric ester groups is 1. The van der Waals surface area contributed by atoms with E-state index in [-0.39, 0.29) is 0 Å². The summed E-state index contributed by atoms with van der Waals surface area (Å²) in [5, 5.41) is 4.14. The van der Waals surface area contributed by atoms with Crippen molar-refractivity contribution in [2.75, 3.05) is 12.8 Å². The van der Waals surface area contributed by atoms with Crippen LogP contribution in [0.25, 0.3) is 11.3 Å². The number of aromatic nitrogens is 2. The zero-order chi connectivity index (χ0) is 23.7. The average Bonchev–Trinajstić information content (AvgIpc) is 3.28. The van der Waals surface area contributed by atoms with Crippen molar-refractivity contribution in [2.45, 2.75) is 13.0 Å². The first kappa shape index (κ1) is 24.2. The standard InChI is InChI=1S/C22H19N3O2.CH5O4P/c23-22-20(7-4-12-24-22)21-14-18(25-27-21)13-16-8-10-19(11-9-16)26-15-17-5-2-1-3-6-17;1-5-6(2,3)4/h1-12,14H,13,15H2,(H2,23,24);1H3,(H2,2,3,4). The fraction of sp³-hybridized carbons (Fsp3) is 0.130. The van der Waals surface area contributed by atoms with E-state index in [4.69, 9.17) is 24.8 Å². The van der Waals surface area contributed by atoms with Gasteiger partial charge in [0.1, 0.15) is 18.2 Å². The zero-order valence-electron chi connectivity index (χ0n) is 17.9. The van der Waals surface area contributed by atoms with E-state index in [1.54, 1.807) is 6.20 Å². The number of nitrogens with zero attached hydrogens (tertiary/aromatic N) is 2. The molecule has 2 aromatic heterocycles. The minimum atomic E-state index is -4.15. The Labute approximate surface area is 191 Å². The lowest BCUT2D eigenvalue weighted by atomic mass is 10.1. The third-order valence-electron chi connectivity index (χ3n) is 4.46. The van der Waals surface area contributed by atoms with Crippen LogP contribution in [0.3, 0.4) is 0 Å². The van der Waals surface area contributed by atoms with Crippen LogP contribution in [0.15, 0.2) is 83.5 Å². The second-order valence-corrected chi connectivity index (χ2v) is 8.23. The van der Waals surface area contributed by atoms with Crippen LogP contribution in [0.4, 0.5) is 5.82 Å². The van der Waals surface area contributed by atoms with Gasteiger partial charge in [0.15, 0.2) is 5.76 Å². The van der Waals surface area contributed by atoms with Crippen molar-refractivity contribution < 1.29 is 28.1 Å². The Morgan fingerprint density at radius 2 is 1.70 bits per heavy atom. The number of ether oxygens (including phenoxy) is 1. The summed E-state index contributed by atoms with van der Waals surface area (Å²) in [6.07, 6.45) is 2.32. The van der Waals surface area contributed by atoms with E-state index in [2.05, 4.69) is 14.7 Å². The molecule has 0 unspecified atom stereocenters. The third kappa shape index (κ3) is 7.85. The third-order valence-corrected chi connectivity index (χ3v) is 4.93. The van der Waals surface area contributed by atoms with Crippen molar-refractivity contribution >= 4 is 13.6 Å². The molecular formula is C23H24N3O6P. The Kier molecular flexibility index (Phi) is 8.34. The first-order chi connectivity index (χ1) is 15.8. The van der Waals surface area contributed by atoms with Gasteiger partial charge in [-0.05, 0) is 35.4 Å². The molecule has 2 aromatic carbocycles. The van der Waals surface area contributed by atoms with Crippen molar-refractivity contribution in [1.82, 2.24) is 10.1 Å². The number of hydrogen-bond acceptors (Lipinski definition) is 7. The van der Waals surface area contributed by atoms with Crippen molar-refractivity contribution in [3.63, 3.8) is 0 Å². The smallest absolute Gasteiger partial charge is 0.469 e. The van der Waals surface area contributed by atoms with Crippen molar-refractivity contribution in [1.29, 1.82) is 0 Å². The van der Waals surface area contributed by atoms with Crippen LogP contribution in [0.1, 0.15) is 16.8 Å². The zero-order valence-corrected chi connectivity index (χ0v) is 18.8. The molecule has 10 heteroatoms. The molecule has 33 heavy (non-hydrogen) atoms. The average molecular weight is 469 g/mol. The van der Waals surface area contributed by atoms with Crippen LogP contribution in [0.5, 0.6) is 5.75 Å². The maximum Gasteiger partial charge on any atom is 0.469 e. The topological polar surface area (TPSA) is 141 Å². The highest BCUT2D eigenvalue weighted by atomic mass is 31.2. The molecule has 0 saturated heterocycles. The molecule has 2 heterocycles. The van der Waals surface area contributed by atoms with Crippen molar-refractivity contribution in [2.24, 2.45) is 0 Å². The van der Waals surface area contributed by atoms with Gasteiger partial charge in [-0.2, -0.15) is 0 Å². The fourth-order valence-corrected chi connectivity index (χ4v) is 2.80. The summed E-state index contributed by atoms with van der Waals surface area (Å²) in [4.78, 5) is 19.5. The summed E-state index contributed by atoms with van der Waals surface area (Å²) in [5.74, 6) is 1.89. The number of phosphoric acid groups is 1. The van der Waals surface area contributed by atoms with E-state index >= 15 is 0 Å². The fourth-order valence-electron chi connectivity index (χ4n) is 2.80. The number of nitrogens with two attached hydrogens (primary N) is 1. The highest BCUT2D eigenvalue weighted by molar-refractivity contribution is 7.46. The summed E-state index contributed by atoms with van der Waals surface area (Å²) < 4.78 is 24.3. The first-order valence-corrected chi connectivity index (χ1v) is 11.4. The second-order valence-electron chi connectivity index (χ2n) is 6.89. The summed E-state index contributed by atoms with van der Waals surface area (Å²) in [7, 11) is -3.20. The monoisotopic (exact) mass is 469 g/mol. The number of benzene rings is 2. The SMILES string of the molecule is COP(=O)(O)O.Nc1ncccc1-c1cc(Cc2ccc(OCc3ccccc3)cc2)no1. The Bertz CT molecular complexity index is 1190. The lowest BCUT2D eigenvalue weighted by Gasteiger charge is -2.07. The van der Waals surface area contributed by atoms with Crippen LogP contribution < -0.4 is 10.5 Å². The van der Waals surface area contributed by atoms with E-state index in [0.717, 1.165) is 35.2 Å². The molecule has 0 aliphatic heterocycles. The van der Waals surface area contributed by atoms with Gasteiger partial charge in [-0.25, -0.2) is 9.55 Å². The largest absolute Gasteiger partial charge is 0.489 e. The molecule has 0 fully saturated rings. The maximum absolute atomic E-state index is 9.47. The molecular weight excluding hydrogens is 445 g/mol. The molecule has 0 aliphatic rings. The Hall–Kier alpha value is -3.49. The molecule has 0 amide bonds. The summed E-state index contributed by atoms with van der Waals surface area (Å²) in [6, 6.07) is 23.7. The Morgan fingerprint density at radius 3 is 2.33 bits per heavy atom. The molecule has 0 spiro atoms. The number of pyridine rings is 1. The lowest BCUT2D eigenvalue weighted by Crippen LogP contribution is -1.95. The molecule has 4 rings (SSSR count).